The molecule has 0 saturated carbocycles. The summed E-state index contributed by atoms with van der Waals surface area (Å²) in [6, 6.07) is -1.17. The van der Waals surface area contributed by atoms with Crippen LogP contribution in [-0.4, -0.2) is 110 Å². The molecule has 71 heavy (non-hydrogen) atoms. The molecular formula is C60H117NO10. The first-order chi connectivity index (χ1) is 34.7. The third-order valence-corrected chi connectivity index (χ3v) is 15.1. The fraction of sp³-hybridized carbons (Fsp3) is 0.950. The van der Waals surface area contributed by atoms with Gasteiger partial charge in [0.2, 0.25) is 5.91 Å². The lowest BCUT2D eigenvalue weighted by Gasteiger charge is -2.40. The Hall–Kier alpha value is -1.15. The van der Waals surface area contributed by atoms with E-state index in [0.29, 0.717) is 19.3 Å². The minimum atomic E-state index is -1.66. The van der Waals surface area contributed by atoms with E-state index in [2.05, 4.69) is 31.3 Å². The van der Waals surface area contributed by atoms with Crippen molar-refractivity contribution in [1.29, 1.82) is 0 Å². The lowest BCUT2D eigenvalue weighted by molar-refractivity contribution is -0.303. The highest BCUT2D eigenvalue weighted by atomic mass is 16.7. The van der Waals surface area contributed by atoms with Crippen LogP contribution in [0.15, 0.2) is 12.2 Å². The fourth-order valence-corrected chi connectivity index (χ4v) is 10.1. The van der Waals surface area contributed by atoms with E-state index in [1.54, 1.807) is 0 Å². The van der Waals surface area contributed by atoms with E-state index in [9.17, 15) is 40.5 Å². The molecule has 1 fully saturated rings. The SMILES string of the molecule is CCCCCCCCCCCCCC/C=C\CCCCCCCCCCC(O)C(=O)NC(COC1OC(CO)C(O)C(O)C1O)C(O)C(O)CCCCCCCCCCCCCCCCCCCCCC. The number of rotatable bonds is 53. The fourth-order valence-electron chi connectivity index (χ4n) is 10.1. The topological polar surface area (TPSA) is 189 Å². The average Bonchev–Trinajstić information content (AvgIpc) is 3.37. The molecule has 422 valence electrons. The van der Waals surface area contributed by atoms with Gasteiger partial charge in [-0.05, 0) is 38.5 Å². The second-order valence-electron chi connectivity index (χ2n) is 21.8. The average molecular weight is 1010 g/mol. The smallest absolute Gasteiger partial charge is 0.249 e. The van der Waals surface area contributed by atoms with Gasteiger partial charge in [0.15, 0.2) is 6.29 Å². The predicted octanol–water partition coefficient (Wildman–Crippen LogP) is 13.1. The third kappa shape index (κ3) is 38.1. The Balaban J connectivity index is 2.28. The van der Waals surface area contributed by atoms with Crippen molar-refractivity contribution in [3.63, 3.8) is 0 Å². The molecule has 8 N–H and O–H groups in total. The van der Waals surface area contributed by atoms with E-state index < -0.39 is 74.2 Å². The number of amides is 1. The largest absolute Gasteiger partial charge is 0.394 e. The zero-order valence-electron chi connectivity index (χ0n) is 46.2. The molecule has 1 aliphatic heterocycles. The minimum absolute atomic E-state index is 0.260. The lowest BCUT2D eigenvalue weighted by atomic mass is 9.98. The second kappa shape index (κ2) is 49.7. The number of hydrogen-bond donors (Lipinski definition) is 8. The van der Waals surface area contributed by atoms with Gasteiger partial charge < -0.3 is 50.5 Å². The van der Waals surface area contributed by atoms with E-state index in [1.165, 1.54) is 212 Å². The van der Waals surface area contributed by atoms with Crippen molar-refractivity contribution in [2.45, 2.75) is 351 Å². The first kappa shape index (κ1) is 67.9. The summed E-state index contributed by atoms with van der Waals surface area (Å²) in [5.41, 5.74) is 0. The molecule has 11 nitrogen and oxygen atoms in total. The molecule has 11 heteroatoms. The third-order valence-electron chi connectivity index (χ3n) is 15.1. The van der Waals surface area contributed by atoms with Crippen molar-refractivity contribution in [1.82, 2.24) is 5.32 Å². The van der Waals surface area contributed by atoms with Crippen molar-refractivity contribution in [2.75, 3.05) is 13.2 Å². The van der Waals surface area contributed by atoms with Gasteiger partial charge in [-0.15, -0.1) is 0 Å². The maximum atomic E-state index is 13.2. The number of carbonyl (C=O) groups excluding carboxylic acids is 1. The number of unbranched alkanes of at least 4 members (excludes halogenated alkanes) is 39. The first-order valence-electron chi connectivity index (χ1n) is 30.6. The first-order valence-corrected chi connectivity index (χ1v) is 30.6. The van der Waals surface area contributed by atoms with Gasteiger partial charge >= 0.3 is 0 Å². The molecule has 1 saturated heterocycles. The van der Waals surface area contributed by atoms with Crippen LogP contribution in [0.3, 0.4) is 0 Å². The van der Waals surface area contributed by atoms with Crippen LogP contribution >= 0.6 is 0 Å². The Kier molecular flexibility index (Phi) is 47.5. The molecule has 1 rings (SSSR count). The number of aliphatic hydroxyl groups excluding tert-OH is 7. The molecule has 1 amide bonds. The Morgan fingerprint density at radius 3 is 1.18 bits per heavy atom. The highest BCUT2D eigenvalue weighted by Crippen LogP contribution is 2.24. The molecule has 0 aromatic rings. The van der Waals surface area contributed by atoms with Crippen LogP contribution in [0, 0.1) is 0 Å². The number of aliphatic hydroxyl groups is 7. The van der Waals surface area contributed by atoms with E-state index in [0.717, 1.165) is 44.9 Å². The summed E-state index contributed by atoms with van der Waals surface area (Å²) >= 11 is 0. The van der Waals surface area contributed by atoms with E-state index in [4.69, 9.17) is 9.47 Å². The van der Waals surface area contributed by atoms with Crippen molar-refractivity contribution in [2.24, 2.45) is 0 Å². The van der Waals surface area contributed by atoms with Gasteiger partial charge in [0.1, 0.15) is 36.6 Å². The Morgan fingerprint density at radius 1 is 0.479 bits per heavy atom. The summed E-state index contributed by atoms with van der Waals surface area (Å²) in [5.74, 6) is -0.694. The number of nitrogens with one attached hydrogen (secondary N) is 1. The molecular weight excluding hydrogens is 895 g/mol. The molecule has 1 aliphatic rings. The standard InChI is InChI=1S/C60H117NO10/c1-3-5-7-9-11-13-15-17-19-21-23-25-26-27-28-30-32-34-36-38-40-42-44-46-48-53(64)59(69)61-51(50-70-60-58(68)57(67)56(66)54(49-62)71-60)55(65)52(63)47-45-43-41-39-37-35-33-31-29-24-22-20-18-16-14-12-10-8-6-4-2/h27-28,51-58,60,62-68H,3-26,29-50H2,1-2H3,(H,61,69)/b28-27-. The van der Waals surface area contributed by atoms with Crippen LogP contribution < -0.4 is 5.32 Å². The van der Waals surface area contributed by atoms with Gasteiger partial charge in [-0.3, -0.25) is 4.79 Å². The normalized spacial score (nSPS) is 20.2. The molecule has 9 unspecified atom stereocenters. The van der Waals surface area contributed by atoms with Gasteiger partial charge in [-0.25, -0.2) is 0 Å². The van der Waals surface area contributed by atoms with Crippen LogP contribution in [0.5, 0.6) is 0 Å². The summed E-state index contributed by atoms with van der Waals surface area (Å²) < 4.78 is 11.2. The molecule has 0 aromatic carbocycles. The van der Waals surface area contributed by atoms with Crippen molar-refractivity contribution in [3.05, 3.63) is 12.2 Å². The van der Waals surface area contributed by atoms with Crippen LogP contribution in [0.4, 0.5) is 0 Å². The monoisotopic (exact) mass is 1010 g/mol. The molecule has 9 atom stereocenters. The van der Waals surface area contributed by atoms with Crippen LogP contribution in [-0.2, 0) is 14.3 Å². The second-order valence-corrected chi connectivity index (χ2v) is 21.8. The zero-order valence-corrected chi connectivity index (χ0v) is 46.2. The quantitative estimate of drug-likeness (QED) is 0.0215. The zero-order chi connectivity index (χ0) is 51.8. The predicted molar refractivity (Wildman–Crippen MR) is 293 cm³/mol. The molecule has 0 bridgehead atoms. The van der Waals surface area contributed by atoms with E-state index >= 15 is 0 Å². The van der Waals surface area contributed by atoms with E-state index in [1.807, 2.05) is 0 Å². The summed E-state index contributed by atoms with van der Waals surface area (Å²) in [7, 11) is 0. The minimum Gasteiger partial charge on any atom is -0.394 e. The molecule has 0 radical (unpaired) electrons. The van der Waals surface area contributed by atoms with Crippen LogP contribution in [0.2, 0.25) is 0 Å². The number of hydrogen-bond acceptors (Lipinski definition) is 10. The summed E-state index contributed by atoms with van der Waals surface area (Å²) in [5, 5.41) is 76.3. The van der Waals surface area contributed by atoms with Gasteiger partial charge in [0.25, 0.3) is 0 Å². The Bertz CT molecular complexity index is 1160. The summed E-state index contributed by atoms with van der Waals surface area (Å²) in [4.78, 5) is 13.2. The van der Waals surface area contributed by atoms with Gasteiger partial charge in [-0.1, -0.05) is 270 Å². The van der Waals surface area contributed by atoms with Gasteiger partial charge in [-0.2, -0.15) is 0 Å². The summed E-state index contributed by atoms with van der Waals surface area (Å²) in [6.07, 6.45) is 46.9. The lowest BCUT2D eigenvalue weighted by Crippen LogP contribution is -2.60. The number of allylic oxidation sites excluding steroid dienone is 2. The molecule has 0 aliphatic carbocycles. The molecule has 1 heterocycles. The van der Waals surface area contributed by atoms with Crippen molar-refractivity contribution >= 4 is 5.91 Å². The highest BCUT2D eigenvalue weighted by molar-refractivity contribution is 5.80. The van der Waals surface area contributed by atoms with E-state index in [-0.39, 0.29) is 6.42 Å². The Morgan fingerprint density at radius 2 is 0.817 bits per heavy atom. The molecule has 0 aromatic heterocycles. The van der Waals surface area contributed by atoms with Crippen LogP contribution in [0.25, 0.3) is 0 Å². The molecule has 0 spiro atoms. The van der Waals surface area contributed by atoms with Crippen molar-refractivity contribution in [3.8, 4) is 0 Å². The number of carbonyl (C=O) groups is 1. The maximum Gasteiger partial charge on any atom is 0.249 e. The number of ether oxygens (including phenoxy) is 2. The van der Waals surface area contributed by atoms with Crippen LogP contribution in [0.1, 0.15) is 296 Å². The van der Waals surface area contributed by atoms with Gasteiger partial charge in [0, 0.05) is 0 Å². The highest BCUT2D eigenvalue weighted by Gasteiger charge is 2.44. The van der Waals surface area contributed by atoms with Crippen molar-refractivity contribution < 1.29 is 50.0 Å². The van der Waals surface area contributed by atoms with Gasteiger partial charge in [0.05, 0.1) is 25.4 Å². The maximum absolute atomic E-state index is 13.2. The summed E-state index contributed by atoms with van der Waals surface area (Å²) in [6.45, 7) is 3.50. The Labute approximate surface area is 436 Å².